The molecule has 0 aromatic carbocycles. The lowest BCUT2D eigenvalue weighted by Crippen LogP contribution is -2.46. The fraction of sp³-hybridized carbons (Fsp3) is 0.500. The molecule has 0 radical (unpaired) electrons. The fourth-order valence-electron chi connectivity index (χ4n) is 2.02. The maximum Gasteiger partial charge on any atom is 0.343 e. The summed E-state index contributed by atoms with van der Waals surface area (Å²) in [6.07, 6.45) is -1.04. The van der Waals surface area contributed by atoms with Gasteiger partial charge in [-0.2, -0.15) is 4.57 Å². The highest BCUT2D eigenvalue weighted by Gasteiger charge is 2.47. The minimum Gasteiger partial charge on any atom is -0.465 e. The molecule has 1 saturated heterocycles. The van der Waals surface area contributed by atoms with Gasteiger partial charge in [0.15, 0.2) is 18.5 Å². The molecule has 1 aromatic rings. The number of rotatable bonds is 3. The lowest BCUT2D eigenvalue weighted by atomic mass is 10.1. The Morgan fingerprint density at radius 2 is 2.21 bits per heavy atom. The Hall–Kier alpha value is -1.54. The normalized spacial score (nSPS) is 30.3. The van der Waals surface area contributed by atoms with Gasteiger partial charge in [-0.25, -0.2) is 4.79 Å². The van der Waals surface area contributed by atoms with E-state index >= 15 is 0 Å². The summed E-state index contributed by atoms with van der Waals surface area (Å²) in [4.78, 5) is 11.4. The molecule has 1 aliphatic rings. The van der Waals surface area contributed by atoms with Crippen molar-refractivity contribution in [3.8, 4) is 0 Å². The number of hydrogen-bond acceptors (Lipinski definition) is 6. The van der Waals surface area contributed by atoms with Crippen molar-refractivity contribution in [1.29, 1.82) is 0 Å². The lowest BCUT2D eigenvalue weighted by Gasteiger charge is -2.10. The first kappa shape index (κ1) is 13.9. The second-order valence-electron chi connectivity index (χ2n) is 4.26. The number of pyridine rings is 1. The maximum atomic E-state index is 11.4. The molecule has 4 atom stereocenters. The summed E-state index contributed by atoms with van der Waals surface area (Å²) in [5.41, 5.74) is 0.294. The van der Waals surface area contributed by atoms with E-state index in [2.05, 4.69) is 4.74 Å². The van der Waals surface area contributed by atoms with E-state index in [4.69, 9.17) is 9.84 Å². The molecule has 1 unspecified atom stereocenters. The molecule has 0 aliphatic carbocycles. The Labute approximate surface area is 109 Å². The predicted octanol–water partition coefficient (Wildman–Crippen LogP) is -1.63. The van der Waals surface area contributed by atoms with Crippen LogP contribution in [0, 0.1) is 0 Å². The number of aliphatic hydroxyl groups is 3. The van der Waals surface area contributed by atoms with E-state index in [1.54, 1.807) is 18.3 Å². The molecule has 1 aromatic heterocycles. The van der Waals surface area contributed by atoms with Crippen LogP contribution in [0.5, 0.6) is 0 Å². The van der Waals surface area contributed by atoms with Crippen LogP contribution in [0.2, 0.25) is 0 Å². The molecular formula is C12H16NO6+. The zero-order valence-corrected chi connectivity index (χ0v) is 10.3. The lowest BCUT2D eigenvalue weighted by molar-refractivity contribution is -0.765. The monoisotopic (exact) mass is 270 g/mol. The van der Waals surface area contributed by atoms with Gasteiger partial charge in [-0.05, 0) is 6.07 Å². The van der Waals surface area contributed by atoms with Crippen LogP contribution in [0.4, 0.5) is 0 Å². The van der Waals surface area contributed by atoms with Gasteiger partial charge in [0.05, 0.1) is 13.7 Å². The number of aromatic nitrogens is 1. The van der Waals surface area contributed by atoms with Crippen LogP contribution >= 0.6 is 0 Å². The number of carbonyl (C=O) groups excluding carboxylic acids is 1. The van der Waals surface area contributed by atoms with Crippen molar-refractivity contribution in [2.75, 3.05) is 13.7 Å². The molecule has 2 rings (SSSR count). The van der Waals surface area contributed by atoms with Crippen LogP contribution < -0.4 is 4.57 Å². The van der Waals surface area contributed by atoms with Gasteiger partial charge in [-0.15, -0.1) is 0 Å². The van der Waals surface area contributed by atoms with Gasteiger partial charge >= 0.3 is 5.97 Å². The first-order valence-electron chi connectivity index (χ1n) is 5.80. The van der Waals surface area contributed by atoms with Gasteiger partial charge in [0, 0.05) is 6.07 Å². The van der Waals surface area contributed by atoms with Crippen molar-refractivity contribution in [2.24, 2.45) is 0 Å². The molecule has 3 N–H and O–H groups in total. The number of hydrogen-bond donors (Lipinski definition) is 3. The van der Waals surface area contributed by atoms with E-state index in [0.717, 1.165) is 0 Å². The van der Waals surface area contributed by atoms with Gasteiger partial charge in [-0.1, -0.05) is 0 Å². The zero-order valence-electron chi connectivity index (χ0n) is 10.3. The van der Waals surface area contributed by atoms with Crippen molar-refractivity contribution in [3.05, 3.63) is 30.1 Å². The highest BCUT2D eigenvalue weighted by molar-refractivity contribution is 5.88. The third-order valence-electron chi connectivity index (χ3n) is 3.05. The number of aliphatic hydroxyl groups excluding tert-OH is 3. The molecule has 104 valence electrons. The second kappa shape index (κ2) is 5.62. The number of nitrogens with zero attached hydrogens (tertiary/aromatic N) is 1. The topological polar surface area (TPSA) is 100 Å². The van der Waals surface area contributed by atoms with E-state index in [-0.39, 0.29) is 0 Å². The Kier molecular flexibility index (Phi) is 4.11. The predicted molar refractivity (Wildman–Crippen MR) is 61.0 cm³/mol. The molecule has 0 spiro atoms. The van der Waals surface area contributed by atoms with Gasteiger partial charge in [0.25, 0.3) is 6.23 Å². The zero-order chi connectivity index (χ0) is 14.0. The summed E-state index contributed by atoms with van der Waals surface area (Å²) in [5.74, 6) is -0.513. The van der Waals surface area contributed by atoms with Crippen LogP contribution in [0.15, 0.2) is 24.5 Å². The molecule has 1 aliphatic heterocycles. The fourth-order valence-corrected chi connectivity index (χ4v) is 2.02. The van der Waals surface area contributed by atoms with Gasteiger partial charge in [0.1, 0.15) is 17.8 Å². The molecule has 2 heterocycles. The summed E-state index contributed by atoms with van der Waals surface area (Å²) >= 11 is 0. The molecule has 7 heteroatoms. The third kappa shape index (κ3) is 2.59. The summed E-state index contributed by atoms with van der Waals surface area (Å²) in [5, 5.41) is 28.6. The Bertz CT molecular complexity index is 465. The molecule has 0 saturated carbocycles. The van der Waals surface area contributed by atoms with Crippen molar-refractivity contribution >= 4 is 5.97 Å². The van der Waals surface area contributed by atoms with E-state index in [1.165, 1.54) is 17.9 Å². The SMILES string of the molecule is COC(=O)c1ccc[n+]([C@@H]2O[C@H](CO)[C@H](O)C2O)c1. The van der Waals surface area contributed by atoms with Crippen LogP contribution in [0.25, 0.3) is 0 Å². The number of ether oxygens (including phenoxy) is 2. The molecule has 0 amide bonds. The van der Waals surface area contributed by atoms with Crippen LogP contribution in [0.1, 0.15) is 16.6 Å². The highest BCUT2D eigenvalue weighted by atomic mass is 16.6. The summed E-state index contributed by atoms with van der Waals surface area (Å²) in [7, 11) is 1.27. The Morgan fingerprint density at radius 3 is 2.79 bits per heavy atom. The van der Waals surface area contributed by atoms with Gasteiger partial charge in [0.2, 0.25) is 0 Å². The van der Waals surface area contributed by atoms with Crippen LogP contribution in [-0.2, 0) is 9.47 Å². The van der Waals surface area contributed by atoms with Crippen molar-refractivity contribution < 1.29 is 34.2 Å². The number of methoxy groups -OCH3 is 1. The quantitative estimate of drug-likeness (QED) is 0.450. The maximum absolute atomic E-state index is 11.4. The van der Waals surface area contributed by atoms with Gasteiger partial charge in [-0.3, -0.25) is 0 Å². The minimum atomic E-state index is -1.19. The number of carbonyl (C=O) groups is 1. The van der Waals surface area contributed by atoms with E-state index in [0.29, 0.717) is 5.56 Å². The van der Waals surface area contributed by atoms with E-state index in [9.17, 15) is 15.0 Å². The van der Waals surface area contributed by atoms with Crippen LogP contribution in [-0.4, -0.2) is 53.3 Å². The third-order valence-corrected chi connectivity index (χ3v) is 3.05. The summed E-state index contributed by atoms with van der Waals surface area (Å²) in [6.45, 7) is -0.397. The minimum absolute atomic E-state index is 0.294. The van der Waals surface area contributed by atoms with E-state index in [1.807, 2.05) is 0 Å². The van der Waals surface area contributed by atoms with Crippen LogP contribution in [0.3, 0.4) is 0 Å². The van der Waals surface area contributed by atoms with Crippen molar-refractivity contribution in [1.82, 2.24) is 0 Å². The molecule has 1 fully saturated rings. The second-order valence-corrected chi connectivity index (χ2v) is 4.26. The van der Waals surface area contributed by atoms with E-state index < -0.39 is 37.1 Å². The molecular weight excluding hydrogens is 254 g/mol. The smallest absolute Gasteiger partial charge is 0.343 e. The first-order chi connectivity index (χ1) is 9.08. The summed E-state index contributed by atoms with van der Waals surface area (Å²) < 4.78 is 11.4. The van der Waals surface area contributed by atoms with Crippen molar-refractivity contribution in [3.63, 3.8) is 0 Å². The van der Waals surface area contributed by atoms with Gasteiger partial charge < -0.3 is 24.8 Å². The Morgan fingerprint density at radius 1 is 1.47 bits per heavy atom. The molecule has 0 bridgehead atoms. The number of esters is 1. The molecule has 7 nitrogen and oxygen atoms in total. The Balaban J connectivity index is 2.25. The standard InChI is InChI=1S/C12H16NO6/c1-18-12(17)7-3-2-4-13(5-7)11-10(16)9(15)8(6-14)19-11/h2-5,8-11,14-16H,6H2,1H3/q+1/t8-,9+,10?,11-/m1/s1. The average molecular weight is 270 g/mol. The highest BCUT2D eigenvalue weighted by Crippen LogP contribution is 2.25. The molecule has 19 heavy (non-hydrogen) atoms. The average Bonchev–Trinajstić information content (AvgIpc) is 2.74. The first-order valence-corrected chi connectivity index (χ1v) is 5.80. The largest absolute Gasteiger partial charge is 0.465 e. The summed E-state index contributed by atoms with van der Waals surface area (Å²) in [6, 6.07) is 3.16. The van der Waals surface area contributed by atoms with Crippen molar-refractivity contribution in [2.45, 2.75) is 24.5 Å².